The van der Waals surface area contributed by atoms with Gasteiger partial charge in [0.1, 0.15) is 0 Å². The van der Waals surface area contributed by atoms with E-state index in [0.717, 1.165) is 38.5 Å². The molecule has 1 amide bonds. The summed E-state index contributed by atoms with van der Waals surface area (Å²) in [6.07, 6.45) is 61.6. The minimum atomic E-state index is -4.69. The Morgan fingerprint density at radius 1 is 0.403 bits per heavy atom. The fourth-order valence-electron chi connectivity index (χ4n) is 9.12. The van der Waals surface area contributed by atoms with Crippen molar-refractivity contribution in [2.24, 2.45) is 0 Å². The zero-order valence-corrected chi connectivity index (χ0v) is 42.7. The number of aliphatic hydroxyl groups excluding tert-OH is 1. The van der Waals surface area contributed by atoms with Gasteiger partial charge >= 0.3 is 7.82 Å². The molecule has 0 rings (SSSR count). The van der Waals surface area contributed by atoms with Crippen LogP contribution in [0.5, 0.6) is 0 Å². The van der Waals surface area contributed by atoms with Gasteiger partial charge in [-0.1, -0.05) is 303 Å². The third-order valence-electron chi connectivity index (χ3n) is 13.3. The highest BCUT2D eigenvalue weighted by molar-refractivity contribution is 7.46. The van der Waals surface area contributed by atoms with Crippen molar-refractivity contribution < 1.29 is 28.8 Å². The molecule has 0 aliphatic carbocycles. The van der Waals surface area contributed by atoms with Crippen molar-refractivity contribution in [3.63, 3.8) is 0 Å². The molecule has 2 atom stereocenters. The maximum atomic E-state index is 12.6. The largest absolute Gasteiger partial charge is 0.469 e. The first-order valence-corrected chi connectivity index (χ1v) is 29.5. The zero-order valence-electron chi connectivity index (χ0n) is 41.8. The number of amides is 1. The third kappa shape index (κ3) is 50.5. The molecule has 372 valence electrons. The summed E-state index contributed by atoms with van der Waals surface area (Å²) in [4.78, 5) is 31.0. The lowest BCUT2D eigenvalue weighted by atomic mass is 10.0. The van der Waals surface area contributed by atoms with E-state index in [1.165, 1.54) is 257 Å². The zero-order chi connectivity index (χ0) is 45.3. The van der Waals surface area contributed by atoms with Crippen LogP contribution in [0.4, 0.5) is 0 Å². The van der Waals surface area contributed by atoms with E-state index in [9.17, 15) is 24.3 Å². The summed E-state index contributed by atoms with van der Waals surface area (Å²) < 4.78 is 16.0. The predicted molar refractivity (Wildman–Crippen MR) is 269 cm³/mol. The Bertz CT molecular complexity index is 931. The number of aliphatic hydroxyl groups is 1. The van der Waals surface area contributed by atoms with Crippen LogP contribution in [0, 0.1) is 0 Å². The molecule has 0 radical (unpaired) electrons. The minimum absolute atomic E-state index is 0.187. The van der Waals surface area contributed by atoms with Crippen molar-refractivity contribution in [3.05, 3.63) is 0 Å². The van der Waals surface area contributed by atoms with E-state index in [1.807, 2.05) is 0 Å². The first kappa shape index (κ1) is 61.5. The van der Waals surface area contributed by atoms with Crippen LogP contribution in [-0.2, 0) is 13.9 Å². The Labute approximate surface area is 387 Å². The lowest BCUT2D eigenvalue weighted by Gasteiger charge is -2.24. The van der Waals surface area contributed by atoms with E-state index < -0.39 is 26.6 Å². The molecule has 8 heteroatoms. The molecule has 0 aromatic heterocycles. The molecular weight excluding hydrogens is 790 g/mol. The molecule has 0 saturated heterocycles. The Hall–Kier alpha value is -0.460. The van der Waals surface area contributed by atoms with Crippen LogP contribution in [0.25, 0.3) is 0 Å². The van der Waals surface area contributed by atoms with Crippen LogP contribution in [0.2, 0.25) is 0 Å². The van der Waals surface area contributed by atoms with E-state index in [2.05, 4.69) is 23.7 Å². The second-order valence-electron chi connectivity index (χ2n) is 19.6. The number of unbranched alkanes of at least 4 members (excludes halogenated alkanes) is 44. The minimum Gasteiger partial charge on any atom is -0.391 e. The summed E-state index contributed by atoms with van der Waals surface area (Å²) in [5, 5.41) is 13.5. The van der Waals surface area contributed by atoms with Gasteiger partial charge in [0.25, 0.3) is 0 Å². The Morgan fingerprint density at radius 3 is 0.871 bits per heavy atom. The van der Waals surface area contributed by atoms with Crippen LogP contribution in [0.15, 0.2) is 0 Å². The average Bonchev–Trinajstić information content (AvgIpc) is 3.25. The predicted octanol–water partition coefficient (Wildman–Crippen LogP) is 17.7. The first-order chi connectivity index (χ1) is 30.3. The van der Waals surface area contributed by atoms with Gasteiger partial charge in [-0.25, -0.2) is 4.57 Å². The second kappa shape index (κ2) is 50.0. The summed E-state index contributed by atoms with van der Waals surface area (Å²) in [7, 11) is -4.69. The number of carbonyl (C=O) groups excluding carboxylic acids is 1. The van der Waals surface area contributed by atoms with Gasteiger partial charge in [-0.15, -0.1) is 0 Å². The number of hydrogen-bond acceptors (Lipinski definition) is 4. The summed E-state index contributed by atoms with van der Waals surface area (Å²) in [6, 6.07) is -0.818. The van der Waals surface area contributed by atoms with Crippen molar-refractivity contribution in [1.29, 1.82) is 0 Å². The molecule has 0 spiro atoms. The molecule has 0 saturated carbocycles. The lowest BCUT2D eigenvalue weighted by molar-refractivity contribution is -0.123. The topological polar surface area (TPSA) is 116 Å². The number of phosphoric ester groups is 1. The molecule has 7 nitrogen and oxygen atoms in total. The molecule has 0 aromatic carbocycles. The fraction of sp³-hybridized carbons (Fsp3) is 0.981. The smallest absolute Gasteiger partial charge is 0.391 e. The molecule has 0 aliphatic rings. The van der Waals surface area contributed by atoms with E-state index in [-0.39, 0.29) is 5.91 Å². The highest BCUT2D eigenvalue weighted by Crippen LogP contribution is 2.36. The third-order valence-corrected chi connectivity index (χ3v) is 13.8. The molecule has 0 aromatic rings. The van der Waals surface area contributed by atoms with Gasteiger partial charge in [-0.3, -0.25) is 9.32 Å². The normalized spacial score (nSPS) is 12.9. The average molecular weight is 900 g/mol. The van der Waals surface area contributed by atoms with Gasteiger partial charge in [0, 0.05) is 6.42 Å². The molecule has 0 aliphatic heterocycles. The van der Waals surface area contributed by atoms with Crippen molar-refractivity contribution in [3.8, 4) is 0 Å². The quantitative estimate of drug-likeness (QED) is 0.0357. The number of phosphoric acid groups is 1. The van der Waals surface area contributed by atoms with Crippen molar-refractivity contribution in [2.45, 2.75) is 334 Å². The van der Waals surface area contributed by atoms with Gasteiger partial charge in [-0.2, -0.15) is 0 Å². The Morgan fingerprint density at radius 2 is 0.629 bits per heavy atom. The molecule has 0 heterocycles. The number of carbonyl (C=O) groups is 1. The van der Waals surface area contributed by atoms with E-state index >= 15 is 0 Å². The Kier molecular flexibility index (Phi) is 49.6. The van der Waals surface area contributed by atoms with Crippen LogP contribution >= 0.6 is 7.82 Å². The van der Waals surface area contributed by atoms with E-state index in [4.69, 9.17) is 0 Å². The van der Waals surface area contributed by atoms with E-state index in [0.29, 0.717) is 12.8 Å². The van der Waals surface area contributed by atoms with Gasteiger partial charge in [0.2, 0.25) is 5.91 Å². The van der Waals surface area contributed by atoms with Gasteiger partial charge in [0.05, 0.1) is 18.8 Å². The fourth-order valence-corrected chi connectivity index (χ4v) is 9.47. The van der Waals surface area contributed by atoms with Gasteiger partial charge in [0.15, 0.2) is 0 Å². The van der Waals surface area contributed by atoms with Crippen LogP contribution in [0.1, 0.15) is 322 Å². The highest BCUT2D eigenvalue weighted by atomic mass is 31.2. The monoisotopic (exact) mass is 900 g/mol. The summed E-state index contributed by atoms with van der Waals surface area (Å²) in [6.45, 7) is 4.15. The maximum absolute atomic E-state index is 12.6. The number of hydrogen-bond donors (Lipinski definition) is 4. The van der Waals surface area contributed by atoms with E-state index in [1.54, 1.807) is 0 Å². The summed E-state index contributed by atoms with van der Waals surface area (Å²) in [5.74, 6) is -0.187. The molecule has 0 fully saturated rings. The SMILES string of the molecule is CCCCCCCCCCCCCCCCCCCCCCCCCCCCCCCCCCCCCC(=O)N[C@@H](COP(=O)(O)O)[C@H](O)CCCCCCCCCCCCC. The summed E-state index contributed by atoms with van der Waals surface area (Å²) >= 11 is 0. The lowest BCUT2D eigenvalue weighted by Crippen LogP contribution is -2.46. The first-order valence-electron chi connectivity index (χ1n) is 28.0. The van der Waals surface area contributed by atoms with Crippen molar-refractivity contribution >= 4 is 13.7 Å². The molecule has 0 unspecified atom stereocenters. The molecule has 0 bridgehead atoms. The van der Waals surface area contributed by atoms with Crippen molar-refractivity contribution in [1.82, 2.24) is 5.32 Å². The molecule has 62 heavy (non-hydrogen) atoms. The maximum Gasteiger partial charge on any atom is 0.469 e. The van der Waals surface area contributed by atoms with Crippen LogP contribution < -0.4 is 5.32 Å². The number of nitrogens with one attached hydrogen (secondary N) is 1. The van der Waals surface area contributed by atoms with Gasteiger partial charge in [-0.05, 0) is 12.8 Å². The van der Waals surface area contributed by atoms with Crippen LogP contribution in [-0.4, -0.2) is 39.6 Å². The van der Waals surface area contributed by atoms with Gasteiger partial charge < -0.3 is 20.2 Å². The highest BCUT2D eigenvalue weighted by Gasteiger charge is 2.25. The molecular formula is C54H110NO6P. The Balaban J connectivity index is 3.54. The summed E-state index contributed by atoms with van der Waals surface area (Å²) in [5.41, 5.74) is 0. The number of rotatable bonds is 53. The van der Waals surface area contributed by atoms with Crippen LogP contribution in [0.3, 0.4) is 0 Å². The molecule has 4 N–H and O–H groups in total. The van der Waals surface area contributed by atoms with Crippen molar-refractivity contribution in [2.75, 3.05) is 6.61 Å². The second-order valence-corrected chi connectivity index (χ2v) is 20.9. The standard InChI is InChI=1S/C54H110NO6P/c1-3-5-7-9-11-13-15-16-17-18-19-20-21-22-23-24-25-26-27-28-29-30-31-32-33-34-35-36-37-38-40-42-44-46-48-50-54(57)55-52(51-61-62(58,59)60)53(56)49-47-45-43-41-39-14-12-10-8-6-4-2/h52-53,56H,3-51H2,1-2H3,(H,55,57)(H2,58,59,60)/t52-,53+/m0/s1.